The molecule has 5 nitrogen and oxygen atoms in total. The molecule has 0 aliphatic heterocycles. The molecule has 0 aliphatic rings. The van der Waals surface area contributed by atoms with Crippen LogP contribution >= 0.6 is 0 Å². The summed E-state index contributed by atoms with van der Waals surface area (Å²) in [5, 5.41) is 14.1. The van der Waals surface area contributed by atoms with E-state index in [1.165, 1.54) is 0 Å². The molecule has 0 saturated carbocycles. The Morgan fingerprint density at radius 2 is 1.81 bits per heavy atom. The van der Waals surface area contributed by atoms with Gasteiger partial charge in [-0.3, -0.25) is 4.98 Å². The first-order valence-electron chi connectivity index (χ1n) is 6.74. The van der Waals surface area contributed by atoms with Crippen LogP contribution in [0.3, 0.4) is 0 Å². The van der Waals surface area contributed by atoms with Crippen LogP contribution in [0.15, 0.2) is 59.4 Å². The average Bonchev–Trinajstić information content (AvgIpc) is 2.96. The molecule has 3 rings (SSSR count). The molecule has 1 N–H and O–H groups in total. The van der Waals surface area contributed by atoms with Gasteiger partial charge in [0.25, 0.3) is 0 Å². The number of aliphatic hydroxyl groups is 1. The minimum Gasteiger partial charge on any atom is -0.388 e. The van der Waals surface area contributed by atoms with E-state index in [0.29, 0.717) is 24.6 Å². The molecular formula is C16H15N3O2. The molecule has 0 radical (unpaired) electrons. The molecule has 0 bridgehead atoms. The van der Waals surface area contributed by atoms with Gasteiger partial charge < -0.3 is 9.63 Å². The molecule has 2 aromatic heterocycles. The van der Waals surface area contributed by atoms with Crippen LogP contribution in [0.4, 0.5) is 0 Å². The second-order valence-electron chi connectivity index (χ2n) is 4.77. The Labute approximate surface area is 122 Å². The van der Waals surface area contributed by atoms with Crippen LogP contribution in [0.5, 0.6) is 0 Å². The number of benzene rings is 1. The van der Waals surface area contributed by atoms with Crippen LogP contribution in [0.1, 0.15) is 28.9 Å². The van der Waals surface area contributed by atoms with Gasteiger partial charge in [0.2, 0.25) is 5.89 Å². The fraction of sp³-hybridized carbons (Fsp3) is 0.188. The molecule has 0 fully saturated rings. The monoisotopic (exact) mass is 281 g/mol. The van der Waals surface area contributed by atoms with Gasteiger partial charge in [0.1, 0.15) is 0 Å². The molecule has 1 atom stereocenters. The van der Waals surface area contributed by atoms with E-state index < -0.39 is 6.10 Å². The van der Waals surface area contributed by atoms with Gasteiger partial charge in [-0.05, 0) is 23.3 Å². The first kappa shape index (κ1) is 13.5. The van der Waals surface area contributed by atoms with E-state index in [0.717, 1.165) is 11.1 Å². The predicted octanol–water partition coefficient (Wildman–Crippen LogP) is 2.33. The molecule has 1 aromatic carbocycles. The SMILES string of the molecule is OC(Cc1nc(Cc2ccncc2)no1)c1ccccc1. The Morgan fingerprint density at radius 1 is 1.05 bits per heavy atom. The third-order valence-electron chi connectivity index (χ3n) is 3.17. The maximum absolute atomic E-state index is 10.1. The molecular weight excluding hydrogens is 266 g/mol. The highest BCUT2D eigenvalue weighted by Crippen LogP contribution is 2.17. The van der Waals surface area contributed by atoms with Crippen molar-refractivity contribution in [1.29, 1.82) is 0 Å². The van der Waals surface area contributed by atoms with Crippen LogP contribution in [0.25, 0.3) is 0 Å². The predicted molar refractivity (Wildman–Crippen MR) is 76.4 cm³/mol. The quantitative estimate of drug-likeness (QED) is 0.777. The highest BCUT2D eigenvalue weighted by atomic mass is 16.5. The van der Waals surface area contributed by atoms with Crippen LogP contribution in [0, 0.1) is 0 Å². The summed E-state index contributed by atoms with van der Waals surface area (Å²) >= 11 is 0. The van der Waals surface area contributed by atoms with E-state index in [2.05, 4.69) is 15.1 Å². The first-order valence-corrected chi connectivity index (χ1v) is 6.74. The van der Waals surface area contributed by atoms with E-state index in [4.69, 9.17) is 4.52 Å². The van der Waals surface area contributed by atoms with Gasteiger partial charge >= 0.3 is 0 Å². The molecule has 0 amide bonds. The number of hydrogen-bond donors (Lipinski definition) is 1. The lowest BCUT2D eigenvalue weighted by Gasteiger charge is -2.07. The largest absolute Gasteiger partial charge is 0.388 e. The Morgan fingerprint density at radius 3 is 2.57 bits per heavy atom. The number of aromatic nitrogens is 3. The van der Waals surface area contributed by atoms with Gasteiger partial charge in [0.15, 0.2) is 5.82 Å². The first-order chi connectivity index (χ1) is 10.3. The van der Waals surface area contributed by atoms with Gasteiger partial charge in [-0.1, -0.05) is 35.5 Å². The van der Waals surface area contributed by atoms with Crippen molar-refractivity contribution in [3.63, 3.8) is 0 Å². The lowest BCUT2D eigenvalue weighted by Crippen LogP contribution is -2.02. The van der Waals surface area contributed by atoms with Gasteiger partial charge in [-0.25, -0.2) is 0 Å². The summed E-state index contributed by atoms with van der Waals surface area (Å²) in [6, 6.07) is 13.3. The van der Waals surface area contributed by atoms with Crippen molar-refractivity contribution in [2.75, 3.05) is 0 Å². The molecule has 3 aromatic rings. The molecule has 0 saturated heterocycles. The second kappa shape index (κ2) is 6.28. The average molecular weight is 281 g/mol. The van der Waals surface area contributed by atoms with Gasteiger partial charge in [-0.15, -0.1) is 0 Å². The van der Waals surface area contributed by atoms with Crippen molar-refractivity contribution in [1.82, 2.24) is 15.1 Å². The Hall–Kier alpha value is -2.53. The van der Waals surface area contributed by atoms with Crippen LogP contribution in [0.2, 0.25) is 0 Å². The Kier molecular flexibility index (Phi) is 4.02. The fourth-order valence-electron chi connectivity index (χ4n) is 2.09. The molecule has 5 heteroatoms. The van der Waals surface area contributed by atoms with E-state index >= 15 is 0 Å². The van der Waals surface area contributed by atoms with Crippen molar-refractivity contribution in [3.8, 4) is 0 Å². The minimum atomic E-state index is -0.638. The summed E-state index contributed by atoms with van der Waals surface area (Å²) < 4.78 is 5.19. The summed E-state index contributed by atoms with van der Waals surface area (Å²) in [6.07, 6.45) is 3.73. The number of pyridine rings is 1. The van der Waals surface area contributed by atoms with Gasteiger partial charge in [-0.2, -0.15) is 4.98 Å². The molecule has 106 valence electrons. The maximum atomic E-state index is 10.1. The lowest BCUT2D eigenvalue weighted by molar-refractivity contribution is 0.164. The maximum Gasteiger partial charge on any atom is 0.229 e. The number of hydrogen-bond acceptors (Lipinski definition) is 5. The molecule has 0 spiro atoms. The zero-order valence-corrected chi connectivity index (χ0v) is 11.4. The van der Waals surface area contributed by atoms with E-state index in [-0.39, 0.29) is 0 Å². The summed E-state index contributed by atoms with van der Waals surface area (Å²) in [5.74, 6) is 1.05. The minimum absolute atomic E-state index is 0.313. The van der Waals surface area contributed by atoms with E-state index in [9.17, 15) is 5.11 Å². The fourth-order valence-corrected chi connectivity index (χ4v) is 2.09. The van der Waals surface area contributed by atoms with E-state index in [1.54, 1.807) is 12.4 Å². The lowest BCUT2D eigenvalue weighted by atomic mass is 10.1. The smallest absolute Gasteiger partial charge is 0.229 e. The van der Waals surface area contributed by atoms with Crippen molar-refractivity contribution < 1.29 is 9.63 Å². The summed E-state index contributed by atoms with van der Waals surface area (Å²) in [5.41, 5.74) is 1.91. The van der Waals surface area contributed by atoms with Crippen molar-refractivity contribution in [2.24, 2.45) is 0 Å². The zero-order valence-electron chi connectivity index (χ0n) is 11.4. The van der Waals surface area contributed by atoms with Gasteiger partial charge in [0.05, 0.1) is 12.5 Å². The van der Waals surface area contributed by atoms with Crippen LogP contribution < -0.4 is 0 Å². The van der Waals surface area contributed by atoms with Crippen molar-refractivity contribution >= 4 is 0 Å². The molecule has 0 aliphatic carbocycles. The van der Waals surface area contributed by atoms with Crippen LogP contribution in [-0.2, 0) is 12.8 Å². The molecule has 1 unspecified atom stereocenters. The highest BCUT2D eigenvalue weighted by molar-refractivity contribution is 5.18. The van der Waals surface area contributed by atoms with Gasteiger partial charge in [0, 0.05) is 18.8 Å². The van der Waals surface area contributed by atoms with Crippen molar-refractivity contribution in [3.05, 3.63) is 77.7 Å². The third kappa shape index (κ3) is 3.52. The van der Waals surface area contributed by atoms with Crippen LogP contribution in [-0.4, -0.2) is 20.2 Å². The molecule has 2 heterocycles. The topological polar surface area (TPSA) is 72.0 Å². The summed E-state index contributed by atoms with van der Waals surface area (Å²) in [4.78, 5) is 8.28. The standard InChI is InChI=1S/C16H15N3O2/c20-14(13-4-2-1-3-5-13)11-16-18-15(19-21-16)10-12-6-8-17-9-7-12/h1-9,14,20H,10-11H2. The Balaban J connectivity index is 1.65. The third-order valence-corrected chi connectivity index (χ3v) is 3.17. The summed E-state index contributed by atoms with van der Waals surface area (Å²) in [7, 11) is 0. The number of aliphatic hydroxyl groups excluding tert-OH is 1. The highest BCUT2D eigenvalue weighted by Gasteiger charge is 2.14. The zero-order chi connectivity index (χ0) is 14.5. The number of rotatable bonds is 5. The normalized spacial score (nSPS) is 12.2. The molecule has 21 heavy (non-hydrogen) atoms. The number of nitrogens with zero attached hydrogens (tertiary/aromatic N) is 3. The summed E-state index contributed by atoms with van der Waals surface area (Å²) in [6.45, 7) is 0. The Bertz CT molecular complexity index is 683. The second-order valence-corrected chi connectivity index (χ2v) is 4.77. The van der Waals surface area contributed by atoms with Crippen molar-refractivity contribution in [2.45, 2.75) is 18.9 Å². The van der Waals surface area contributed by atoms with E-state index in [1.807, 2.05) is 42.5 Å².